The molecule has 0 radical (unpaired) electrons. The average Bonchev–Trinajstić information content (AvgIpc) is 3.01. The number of aromatic nitrogens is 2. The fraction of sp³-hybridized carbons (Fsp3) is 0.250. The van der Waals surface area contributed by atoms with Gasteiger partial charge in [0.1, 0.15) is 0 Å². The summed E-state index contributed by atoms with van der Waals surface area (Å²) >= 11 is 0. The molecule has 0 aliphatic carbocycles. The third-order valence-electron chi connectivity index (χ3n) is 2.91. The Labute approximate surface area is 123 Å². The molecular weight excluding hydrogens is 266 g/mol. The van der Waals surface area contributed by atoms with Crippen molar-refractivity contribution < 1.29 is 9.90 Å². The number of hydrogen-bond acceptors (Lipinski definition) is 3. The summed E-state index contributed by atoms with van der Waals surface area (Å²) in [6.45, 7) is 0.564. The van der Waals surface area contributed by atoms with Crippen LogP contribution in [-0.2, 0) is 6.54 Å². The van der Waals surface area contributed by atoms with Crippen LogP contribution in [0.3, 0.4) is 0 Å². The molecule has 0 aliphatic heterocycles. The topological polar surface area (TPSA) is 69.2 Å². The maximum absolute atomic E-state index is 12.1. The van der Waals surface area contributed by atoms with Crippen LogP contribution in [0.15, 0.2) is 36.7 Å². The minimum Gasteiger partial charge on any atom is -0.395 e. The van der Waals surface area contributed by atoms with Crippen LogP contribution in [-0.4, -0.2) is 39.8 Å². The van der Waals surface area contributed by atoms with Crippen LogP contribution in [0.25, 0.3) is 0 Å². The van der Waals surface area contributed by atoms with Gasteiger partial charge in [-0.3, -0.25) is 9.89 Å². The highest BCUT2D eigenvalue weighted by Crippen LogP contribution is 2.09. The van der Waals surface area contributed by atoms with Crippen molar-refractivity contribution in [2.75, 3.05) is 13.7 Å². The third-order valence-corrected chi connectivity index (χ3v) is 2.91. The number of aromatic amines is 1. The van der Waals surface area contributed by atoms with Gasteiger partial charge in [-0.2, -0.15) is 5.10 Å². The molecular formula is C16H17N3O2. The molecule has 0 aliphatic rings. The maximum Gasteiger partial charge on any atom is 0.257 e. The number of carbonyl (C=O) groups is 1. The lowest BCUT2D eigenvalue weighted by atomic mass is 10.1. The number of hydrogen-bond donors (Lipinski definition) is 2. The molecule has 1 heterocycles. The molecule has 0 fully saturated rings. The number of benzene rings is 1. The predicted octanol–water partition coefficient (Wildman–Crippen LogP) is 1.42. The average molecular weight is 283 g/mol. The normalized spacial score (nSPS) is 9.81. The largest absolute Gasteiger partial charge is 0.395 e. The third kappa shape index (κ3) is 4.20. The van der Waals surface area contributed by atoms with Crippen molar-refractivity contribution in [3.63, 3.8) is 0 Å². The second-order valence-corrected chi connectivity index (χ2v) is 4.62. The van der Waals surface area contributed by atoms with Crippen LogP contribution in [0, 0.1) is 11.8 Å². The molecule has 21 heavy (non-hydrogen) atoms. The second kappa shape index (κ2) is 7.27. The van der Waals surface area contributed by atoms with Crippen molar-refractivity contribution in [1.82, 2.24) is 15.1 Å². The van der Waals surface area contributed by atoms with Crippen LogP contribution in [0.5, 0.6) is 0 Å². The molecule has 1 aromatic carbocycles. The van der Waals surface area contributed by atoms with Gasteiger partial charge in [-0.15, -0.1) is 0 Å². The highest BCUT2D eigenvalue weighted by atomic mass is 16.2. The zero-order valence-corrected chi connectivity index (χ0v) is 11.8. The van der Waals surface area contributed by atoms with Gasteiger partial charge in [0.25, 0.3) is 5.91 Å². The summed E-state index contributed by atoms with van der Waals surface area (Å²) in [5.41, 5.74) is 2.42. The molecule has 0 bridgehead atoms. The molecule has 2 aromatic rings. The summed E-state index contributed by atoms with van der Waals surface area (Å²) in [5, 5.41) is 15.1. The molecule has 1 aromatic heterocycles. The Bertz CT molecular complexity index is 654. The zero-order valence-electron chi connectivity index (χ0n) is 11.8. The summed E-state index contributed by atoms with van der Waals surface area (Å²) < 4.78 is 0. The van der Waals surface area contributed by atoms with E-state index in [0.29, 0.717) is 18.5 Å². The number of carbonyl (C=O) groups excluding carboxylic acids is 1. The Kier molecular flexibility index (Phi) is 5.13. The lowest BCUT2D eigenvalue weighted by Crippen LogP contribution is -2.25. The number of aliphatic hydroxyl groups is 1. The first-order valence-electron chi connectivity index (χ1n) is 6.63. The van der Waals surface area contributed by atoms with E-state index in [1.54, 1.807) is 18.1 Å². The predicted molar refractivity (Wildman–Crippen MR) is 79.4 cm³/mol. The number of H-pyrrole nitrogens is 1. The molecule has 0 saturated heterocycles. The minimum atomic E-state index is -0.0829. The molecule has 2 N–H and O–H groups in total. The van der Waals surface area contributed by atoms with Crippen LogP contribution in [0.2, 0.25) is 0 Å². The zero-order chi connectivity index (χ0) is 15.1. The first-order chi connectivity index (χ1) is 10.2. The Morgan fingerprint density at radius 2 is 2.33 bits per heavy atom. The highest BCUT2D eigenvalue weighted by molar-refractivity contribution is 5.93. The molecule has 0 spiro atoms. The van der Waals surface area contributed by atoms with Gasteiger partial charge in [-0.25, -0.2) is 0 Å². The van der Waals surface area contributed by atoms with Crippen LogP contribution in [0.1, 0.15) is 27.9 Å². The van der Waals surface area contributed by atoms with E-state index >= 15 is 0 Å². The van der Waals surface area contributed by atoms with Crippen molar-refractivity contribution in [3.05, 3.63) is 53.3 Å². The van der Waals surface area contributed by atoms with E-state index in [1.165, 1.54) is 6.20 Å². The van der Waals surface area contributed by atoms with Crippen LogP contribution >= 0.6 is 0 Å². The summed E-state index contributed by atoms with van der Waals surface area (Å²) in [5.74, 6) is 5.79. The molecule has 5 nitrogen and oxygen atoms in total. The first-order valence-corrected chi connectivity index (χ1v) is 6.63. The van der Waals surface area contributed by atoms with Gasteiger partial charge in [0.15, 0.2) is 0 Å². The molecule has 2 rings (SSSR count). The Hall–Kier alpha value is -2.58. The van der Waals surface area contributed by atoms with Gasteiger partial charge in [0, 0.05) is 31.8 Å². The Balaban J connectivity index is 2.04. The van der Waals surface area contributed by atoms with E-state index in [1.807, 2.05) is 24.3 Å². The van der Waals surface area contributed by atoms with E-state index in [4.69, 9.17) is 5.11 Å². The van der Waals surface area contributed by atoms with Crippen LogP contribution in [0.4, 0.5) is 0 Å². The van der Waals surface area contributed by atoms with Gasteiger partial charge in [-0.05, 0) is 17.7 Å². The quantitative estimate of drug-likeness (QED) is 0.834. The molecule has 5 heteroatoms. The fourth-order valence-electron chi connectivity index (χ4n) is 1.90. The van der Waals surface area contributed by atoms with E-state index in [9.17, 15) is 4.79 Å². The van der Waals surface area contributed by atoms with Crippen molar-refractivity contribution in [2.24, 2.45) is 0 Å². The Morgan fingerprint density at radius 1 is 1.48 bits per heavy atom. The number of nitrogens with zero attached hydrogens (tertiary/aromatic N) is 2. The van der Waals surface area contributed by atoms with Gasteiger partial charge in [-0.1, -0.05) is 24.0 Å². The lowest BCUT2D eigenvalue weighted by Gasteiger charge is -2.16. The van der Waals surface area contributed by atoms with E-state index in [2.05, 4.69) is 22.0 Å². The standard InChI is InChI=1S/C16H17N3O2/c1-19(16(21)15-10-17-18-11-15)12-14-7-4-6-13(9-14)5-2-3-8-20/h4,6-7,9-11,20H,3,8,12H2,1H3,(H,17,18). The second-order valence-electron chi connectivity index (χ2n) is 4.62. The molecule has 108 valence electrons. The van der Waals surface area contributed by atoms with Gasteiger partial charge in [0.05, 0.1) is 18.4 Å². The molecule has 1 amide bonds. The summed E-state index contributed by atoms with van der Waals surface area (Å²) in [4.78, 5) is 13.7. The van der Waals surface area contributed by atoms with Crippen molar-refractivity contribution in [2.45, 2.75) is 13.0 Å². The van der Waals surface area contributed by atoms with Crippen molar-refractivity contribution in [1.29, 1.82) is 0 Å². The van der Waals surface area contributed by atoms with Gasteiger partial charge in [0.2, 0.25) is 0 Å². The van der Waals surface area contributed by atoms with E-state index < -0.39 is 0 Å². The first kappa shape index (κ1) is 14.8. The fourth-order valence-corrected chi connectivity index (χ4v) is 1.90. The molecule has 0 atom stereocenters. The minimum absolute atomic E-state index is 0.0641. The van der Waals surface area contributed by atoms with Gasteiger partial charge < -0.3 is 10.0 Å². The highest BCUT2D eigenvalue weighted by Gasteiger charge is 2.12. The molecule has 0 saturated carbocycles. The molecule has 0 unspecified atom stereocenters. The number of amides is 1. The number of nitrogens with one attached hydrogen (secondary N) is 1. The van der Waals surface area contributed by atoms with E-state index in [-0.39, 0.29) is 12.5 Å². The van der Waals surface area contributed by atoms with Gasteiger partial charge >= 0.3 is 0 Å². The monoisotopic (exact) mass is 283 g/mol. The van der Waals surface area contributed by atoms with Crippen LogP contribution < -0.4 is 0 Å². The SMILES string of the molecule is CN(Cc1cccc(C#CCCO)c1)C(=O)c1cn[nH]c1. The summed E-state index contributed by atoms with van der Waals surface area (Å²) in [6.07, 6.45) is 3.55. The smallest absolute Gasteiger partial charge is 0.257 e. The Morgan fingerprint density at radius 3 is 3.05 bits per heavy atom. The van der Waals surface area contributed by atoms with Crippen molar-refractivity contribution in [3.8, 4) is 11.8 Å². The maximum atomic E-state index is 12.1. The number of aliphatic hydroxyl groups excluding tert-OH is 1. The summed E-state index contributed by atoms with van der Waals surface area (Å²) in [6, 6.07) is 7.72. The van der Waals surface area contributed by atoms with Crippen molar-refractivity contribution >= 4 is 5.91 Å². The lowest BCUT2D eigenvalue weighted by molar-refractivity contribution is 0.0785. The summed E-state index contributed by atoms with van der Waals surface area (Å²) in [7, 11) is 1.75. The van der Waals surface area contributed by atoms with E-state index in [0.717, 1.165) is 11.1 Å². The number of rotatable bonds is 4.